The minimum absolute atomic E-state index is 0.00173. The largest absolute Gasteiger partial charge is 0.493 e. The first-order chi connectivity index (χ1) is 18.2. The van der Waals surface area contributed by atoms with Gasteiger partial charge >= 0.3 is 0 Å². The fraction of sp³-hybridized carbons (Fsp3) is 0.667. The zero-order valence-corrected chi connectivity index (χ0v) is 24.1. The summed E-state index contributed by atoms with van der Waals surface area (Å²) in [5, 5.41) is 3.67. The van der Waals surface area contributed by atoms with Gasteiger partial charge in [0.15, 0.2) is 11.5 Å². The monoisotopic (exact) mass is 529 g/mol. The fourth-order valence-electron chi connectivity index (χ4n) is 5.15. The van der Waals surface area contributed by atoms with Crippen molar-refractivity contribution in [1.82, 2.24) is 15.1 Å². The number of nitrogens with one attached hydrogen (secondary N) is 1. The molecule has 2 fully saturated rings. The Morgan fingerprint density at radius 1 is 1.05 bits per heavy atom. The normalized spacial score (nSPS) is 19.1. The third-order valence-electron chi connectivity index (χ3n) is 7.24. The standard InChI is InChI=1S/C30H47N3O5/c1-21(2)18-29(34)32(25-11-12-25)15-14-24-9-10-26(20-31-24)33(22(3)4)30(35)23-8-13-27(37-6)28(19-23)38-17-7-16-36-5/h8,13,18-19,22,24-26,31H,7,9-12,14-17,20H2,1-6H3. The smallest absolute Gasteiger partial charge is 0.254 e. The van der Waals surface area contributed by atoms with E-state index >= 15 is 0 Å². The van der Waals surface area contributed by atoms with E-state index in [-0.39, 0.29) is 23.9 Å². The van der Waals surface area contributed by atoms with Crippen LogP contribution >= 0.6 is 0 Å². The lowest BCUT2D eigenvalue weighted by atomic mass is 9.95. The van der Waals surface area contributed by atoms with Crippen LogP contribution in [-0.4, -0.2) is 86.3 Å². The van der Waals surface area contributed by atoms with Gasteiger partial charge in [0, 0.05) is 69.0 Å². The maximum Gasteiger partial charge on any atom is 0.254 e. The van der Waals surface area contributed by atoms with E-state index in [0.717, 1.165) is 57.2 Å². The molecule has 0 aromatic heterocycles. The van der Waals surface area contributed by atoms with E-state index in [9.17, 15) is 9.59 Å². The van der Waals surface area contributed by atoms with Gasteiger partial charge in [0.2, 0.25) is 5.91 Å². The lowest BCUT2D eigenvalue weighted by Gasteiger charge is -2.40. The van der Waals surface area contributed by atoms with Gasteiger partial charge in [-0.05, 0) is 78.0 Å². The molecule has 0 spiro atoms. The molecule has 8 nitrogen and oxygen atoms in total. The van der Waals surface area contributed by atoms with Crippen LogP contribution in [0.1, 0.15) is 76.6 Å². The number of allylic oxidation sites excluding steroid dienone is 1. The molecule has 2 aliphatic rings. The molecule has 3 rings (SSSR count). The van der Waals surface area contributed by atoms with Crippen molar-refractivity contribution in [3.63, 3.8) is 0 Å². The van der Waals surface area contributed by atoms with Crippen LogP contribution in [0, 0.1) is 0 Å². The Labute approximate surface area is 228 Å². The van der Waals surface area contributed by atoms with E-state index < -0.39 is 0 Å². The highest BCUT2D eigenvalue weighted by atomic mass is 16.5. The summed E-state index contributed by atoms with van der Waals surface area (Å²) in [6.45, 7) is 10.7. The number of carbonyl (C=O) groups excluding carboxylic acids is 2. The molecule has 1 aliphatic carbocycles. The number of hydrogen-bond donors (Lipinski definition) is 1. The van der Waals surface area contributed by atoms with E-state index in [1.165, 1.54) is 0 Å². The van der Waals surface area contributed by atoms with Crippen LogP contribution in [0.5, 0.6) is 11.5 Å². The summed E-state index contributed by atoms with van der Waals surface area (Å²) >= 11 is 0. The molecule has 0 radical (unpaired) electrons. The molecule has 2 unspecified atom stereocenters. The van der Waals surface area contributed by atoms with Crippen molar-refractivity contribution < 1.29 is 23.8 Å². The molecule has 1 aliphatic heterocycles. The van der Waals surface area contributed by atoms with Gasteiger partial charge in [0.05, 0.1) is 13.7 Å². The zero-order valence-electron chi connectivity index (χ0n) is 24.1. The molecule has 212 valence electrons. The number of nitrogens with zero attached hydrogens (tertiary/aromatic N) is 2. The topological polar surface area (TPSA) is 80.3 Å². The molecule has 1 N–H and O–H groups in total. The molecule has 1 saturated carbocycles. The van der Waals surface area contributed by atoms with Crippen LogP contribution in [0.2, 0.25) is 0 Å². The third-order valence-corrected chi connectivity index (χ3v) is 7.24. The predicted octanol–water partition coefficient (Wildman–Crippen LogP) is 4.43. The maximum absolute atomic E-state index is 13.7. The summed E-state index contributed by atoms with van der Waals surface area (Å²) in [5.74, 6) is 1.32. The Morgan fingerprint density at radius 3 is 2.37 bits per heavy atom. The second-order valence-corrected chi connectivity index (χ2v) is 11.0. The number of amides is 2. The molecule has 38 heavy (non-hydrogen) atoms. The number of methoxy groups -OCH3 is 2. The highest BCUT2D eigenvalue weighted by Gasteiger charge is 2.34. The van der Waals surface area contributed by atoms with Gasteiger partial charge in [-0.1, -0.05) is 5.57 Å². The number of ether oxygens (including phenoxy) is 3. The molecule has 8 heteroatoms. The van der Waals surface area contributed by atoms with E-state index in [2.05, 4.69) is 19.2 Å². The molecule has 2 amide bonds. The third kappa shape index (κ3) is 8.46. The zero-order chi connectivity index (χ0) is 27.7. The molecule has 1 aromatic carbocycles. The summed E-state index contributed by atoms with van der Waals surface area (Å²) in [7, 11) is 3.27. The van der Waals surface area contributed by atoms with E-state index in [4.69, 9.17) is 14.2 Å². The highest BCUT2D eigenvalue weighted by molar-refractivity contribution is 5.95. The van der Waals surface area contributed by atoms with Crippen LogP contribution < -0.4 is 14.8 Å². The molecule has 2 atom stereocenters. The number of hydrogen-bond acceptors (Lipinski definition) is 6. The first-order valence-electron chi connectivity index (χ1n) is 14.1. The van der Waals surface area contributed by atoms with E-state index in [0.29, 0.717) is 42.4 Å². The van der Waals surface area contributed by atoms with E-state index in [1.807, 2.05) is 29.7 Å². The van der Waals surface area contributed by atoms with Crippen LogP contribution in [0.15, 0.2) is 29.8 Å². The Balaban J connectivity index is 1.59. The first kappa shape index (κ1) is 30.0. The van der Waals surface area contributed by atoms with Crippen LogP contribution in [-0.2, 0) is 9.53 Å². The van der Waals surface area contributed by atoms with Crippen LogP contribution in [0.25, 0.3) is 0 Å². The number of carbonyl (C=O) groups is 2. The predicted molar refractivity (Wildman–Crippen MR) is 150 cm³/mol. The molecule has 1 heterocycles. The molecular weight excluding hydrogens is 482 g/mol. The van der Waals surface area contributed by atoms with Gasteiger partial charge in [-0.2, -0.15) is 0 Å². The lowest BCUT2D eigenvalue weighted by Crippen LogP contribution is -2.54. The van der Waals surface area contributed by atoms with Gasteiger partial charge in [-0.15, -0.1) is 0 Å². The Bertz CT molecular complexity index is 947. The lowest BCUT2D eigenvalue weighted by molar-refractivity contribution is -0.126. The average Bonchev–Trinajstić information content (AvgIpc) is 3.72. The van der Waals surface area contributed by atoms with Gasteiger partial charge in [-0.3, -0.25) is 9.59 Å². The van der Waals surface area contributed by atoms with Crippen LogP contribution in [0.4, 0.5) is 0 Å². The minimum atomic E-state index is 0.00173. The average molecular weight is 530 g/mol. The van der Waals surface area contributed by atoms with Gasteiger partial charge in [-0.25, -0.2) is 0 Å². The second-order valence-electron chi connectivity index (χ2n) is 11.0. The molecule has 1 aromatic rings. The summed E-state index contributed by atoms with van der Waals surface area (Å²) < 4.78 is 16.4. The Hall–Kier alpha value is -2.58. The second kappa shape index (κ2) is 14.5. The van der Waals surface area contributed by atoms with Gasteiger partial charge in [0.25, 0.3) is 5.91 Å². The molecular formula is C30H47N3O5. The SMILES string of the molecule is COCCCOc1cc(C(=O)N(C(C)C)C2CCC(CCN(C(=O)C=C(C)C)C3CC3)NC2)ccc1OC. The van der Waals surface area contributed by atoms with E-state index in [1.54, 1.807) is 32.4 Å². The number of piperidine rings is 1. The Morgan fingerprint density at radius 2 is 1.79 bits per heavy atom. The van der Waals surface area contributed by atoms with Crippen molar-refractivity contribution in [3.8, 4) is 11.5 Å². The van der Waals surface area contributed by atoms with Gasteiger partial charge < -0.3 is 29.3 Å². The van der Waals surface area contributed by atoms with Crippen molar-refractivity contribution in [2.45, 2.75) is 90.4 Å². The first-order valence-corrected chi connectivity index (χ1v) is 14.1. The Kier molecular flexibility index (Phi) is 11.5. The van der Waals surface area contributed by atoms with Crippen LogP contribution in [0.3, 0.4) is 0 Å². The minimum Gasteiger partial charge on any atom is -0.493 e. The van der Waals surface area contributed by atoms with Crippen molar-refractivity contribution in [1.29, 1.82) is 0 Å². The summed E-state index contributed by atoms with van der Waals surface area (Å²) in [6, 6.07) is 6.33. The number of benzene rings is 1. The quantitative estimate of drug-likeness (QED) is 0.284. The highest BCUT2D eigenvalue weighted by Crippen LogP contribution is 2.31. The maximum atomic E-state index is 13.7. The summed E-state index contributed by atoms with van der Waals surface area (Å²) in [4.78, 5) is 30.4. The van der Waals surface area contributed by atoms with Crippen molar-refractivity contribution >= 4 is 11.8 Å². The van der Waals surface area contributed by atoms with Crippen molar-refractivity contribution in [3.05, 3.63) is 35.4 Å². The molecule has 1 saturated heterocycles. The molecule has 0 bridgehead atoms. The summed E-state index contributed by atoms with van der Waals surface area (Å²) in [6.07, 6.45) is 7.58. The van der Waals surface area contributed by atoms with Crippen molar-refractivity contribution in [2.75, 3.05) is 40.5 Å². The van der Waals surface area contributed by atoms with Gasteiger partial charge in [0.1, 0.15) is 0 Å². The van der Waals surface area contributed by atoms with Crippen molar-refractivity contribution in [2.24, 2.45) is 0 Å². The number of rotatable bonds is 14. The fourth-order valence-corrected chi connectivity index (χ4v) is 5.15. The summed E-state index contributed by atoms with van der Waals surface area (Å²) in [5.41, 5.74) is 1.64.